The summed E-state index contributed by atoms with van der Waals surface area (Å²) in [6.07, 6.45) is 1.28. The molecule has 0 radical (unpaired) electrons. The van der Waals surface area contributed by atoms with Crippen molar-refractivity contribution >= 4 is 0 Å². The lowest BCUT2D eigenvalue weighted by Crippen LogP contribution is -2.14. The van der Waals surface area contributed by atoms with Crippen molar-refractivity contribution in [3.05, 3.63) is 0 Å². The highest BCUT2D eigenvalue weighted by atomic mass is 14.8. The van der Waals surface area contributed by atoms with E-state index < -0.39 is 0 Å². The van der Waals surface area contributed by atoms with Gasteiger partial charge in [-0.25, -0.2) is 0 Å². The maximum Gasteiger partial charge on any atom is -0.00263 e. The maximum absolute atomic E-state index is 3.12. The zero-order chi connectivity index (χ0) is 9.70. The van der Waals surface area contributed by atoms with Crippen LogP contribution >= 0.6 is 0 Å². The van der Waals surface area contributed by atoms with Crippen molar-refractivity contribution in [2.45, 2.75) is 48.0 Å². The Bertz CT molecular complexity index is 35.9. The van der Waals surface area contributed by atoms with Gasteiger partial charge in [0.2, 0.25) is 0 Å². The van der Waals surface area contributed by atoms with Gasteiger partial charge >= 0.3 is 0 Å². The second-order valence-electron chi connectivity index (χ2n) is 2.07. The minimum atomic E-state index is 0.838. The van der Waals surface area contributed by atoms with Gasteiger partial charge in [0.25, 0.3) is 0 Å². The molecule has 1 heteroatoms. The normalized spacial score (nSPS) is 10.1. The monoisotopic (exact) mass is 161 g/mol. The molecule has 0 saturated carbocycles. The van der Waals surface area contributed by atoms with E-state index in [1.807, 2.05) is 34.7 Å². The first kappa shape index (κ1) is 17.2. The van der Waals surface area contributed by atoms with Crippen LogP contribution in [0.3, 0.4) is 0 Å². The van der Waals surface area contributed by atoms with Gasteiger partial charge in [0.15, 0.2) is 0 Å². The SMILES string of the molecule is CC.CC.CCC(C)CNC. The molecule has 1 unspecified atom stereocenters. The van der Waals surface area contributed by atoms with E-state index in [-0.39, 0.29) is 0 Å². The number of hydrogen-bond donors (Lipinski definition) is 1. The van der Waals surface area contributed by atoms with E-state index in [1.54, 1.807) is 0 Å². The molecule has 0 amide bonds. The zero-order valence-corrected chi connectivity index (χ0v) is 9.49. The molecule has 0 aromatic heterocycles. The van der Waals surface area contributed by atoms with Crippen molar-refractivity contribution in [2.75, 3.05) is 13.6 Å². The second kappa shape index (κ2) is 22.5. The van der Waals surface area contributed by atoms with Gasteiger partial charge in [-0.3, -0.25) is 0 Å². The van der Waals surface area contributed by atoms with Gasteiger partial charge in [0.05, 0.1) is 0 Å². The second-order valence-corrected chi connectivity index (χ2v) is 2.07. The molecular formula is C10H27N. The lowest BCUT2D eigenvalue weighted by molar-refractivity contribution is 0.528. The number of rotatable bonds is 3. The van der Waals surface area contributed by atoms with Crippen molar-refractivity contribution in [1.82, 2.24) is 5.32 Å². The third-order valence-electron chi connectivity index (χ3n) is 1.25. The summed E-state index contributed by atoms with van der Waals surface area (Å²) in [5, 5.41) is 3.12. The fourth-order valence-corrected chi connectivity index (χ4v) is 0.493. The summed E-state index contributed by atoms with van der Waals surface area (Å²) in [5.41, 5.74) is 0. The van der Waals surface area contributed by atoms with Crippen molar-refractivity contribution in [2.24, 2.45) is 5.92 Å². The summed E-state index contributed by atoms with van der Waals surface area (Å²) < 4.78 is 0. The summed E-state index contributed by atoms with van der Waals surface area (Å²) in [6.45, 7) is 13.6. The van der Waals surface area contributed by atoms with Gasteiger partial charge in [-0.2, -0.15) is 0 Å². The van der Waals surface area contributed by atoms with Crippen molar-refractivity contribution in [3.8, 4) is 0 Å². The van der Waals surface area contributed by atoms with Gasteiger partial charge in [-0.15, -0.1) is 0 Å². The predicted molar refractivity (Wildman–Crippen MR) is 56.1 cm³/mol. The predicted octanol–water partition coefficient (Wildman–Crippen LogP) is 3.30. The quantitative estimate of drug-likeness (QED) is 0.669. The first-order chi connectivity index (χ1) is 5.31. The first-order valence-electron chi connectivity index (χ1n) is 4.95. The molecule has 0 heterocycles. The topological polar surface area (TPSA) is 12.0 Å². The average Bonchev–Trinajstić information content (AvgIpc) is 2.12. The van der Waals surface area contributed by atoms with Gasteiger partial charge in [-0.05, 0) is 19.5 Å². The van der Waals surface area contributed by atoms with Gasteiger partial charge in [-0.1, -0.05) is 48.0 Å². The summed E-state index contributed by atoms with van der Waals surface area (Å²) >= 11 is 0. The molecule has 0 rings (SSSR count). The van der Waals surface area contributed by atoms with Crippen molar-refractivity contribution in [3.63, 3.8) is 0 Å². The largest absolute Gasteiger partial charge is 0.319 e. The molecule has 1 atom stereocenters. The van der Waals surface area contributed by atoms with E-state index in [0.717, 1.165) is 12.5 Å². The lowest BCUT2D eigenvalue weighted by Gasteiger charge is -2.04. The minimum absolute atomic E-state index is 0.838. The first-order valence-corrected chi connectivity index (χ1v) is 4.95. The highest BCUT2D eigenvalue weighted by Crippen LogP contribution is 1.95. The van der Waals surface area contributed by atoms with Gasteiger partial charge < -0.3 is 5.32 Å². The van der Waals surface area contributed by atoms with E-state index in [1.165, 1.54) is 6.42 Å². The molecule has 72 valence electrons. The molecule has 0 saturated heterocycles. The number of nitrogens with one attached hydrogen (secondary N) is 1. The van der Waals surface area contributed by atoms with Crippen LogP contribution in [0.1, 0.15) is 48.0 Å². The Labute approximate surface area is 73.6 Å². The molecule has 0 fully saturated rings. The molecule has 1 N–H and O–H groups in total. The van der Waals surface area contributed by atoms with E-state index in [9.17, 15) is 0 Å². The fraction of sp³-hybridized carbons (Fsp3) is 1.00. The van der Waals surface area contributed by atoms with Crippen LogP contribution in [0.2, 0.25) is 0 Å². The third-order valence-corrected chi connectivity index (χ3v) is 1.25. The van der Waals surface area contributed by atoms with E-state index in [2.05, 4.69) is 19.2 Å². The van der Waals surface area contributed by atoms with Crippen LogP contribution in [-0.2, 0) is 0 Å². The highest BCUT2D eigenvalue weighted by molar-refractivity contribution is 4.49. The standard InChI is InChI=1S/C6H15N.2C2H6/c1-4-6(2)5-7-3;2*1-2/h6-7H,4-5H2,1-3H3;2*1-2H3. The summed E-state index contributed by atoms with van der Waals surface area (Å²) in [6, 6.07) is 0. The molecule has 0 aliphatic heterocycles. The summed E-state index contributed by atoms with van der Waals surface area (Å²) in [7, 11) is 1.99. The fourth-order valence-electron chi connectivity index (χ4n) is 0.493. The van der Waals surface area contributed by atoms with Gasteiger partial charge in [0, 0.05) is 0 Å². The van der Waals surface area contributed by atoms with Crippen LogP contribution in [0.4, 0.5) is 0 Å². The molecule has 0 bridgehead atoms. The molecule has 1 nitrogen and oxygen atoms in total. The Morgan fingerprint density at radius 2 is 1.45 bits per heavy atom. The van der Waals surface area contributed by atoms with Crippen LogP contribution < -0.4 is 5.32 Å². The van der Waals surface area contributed by atoms with E-state index >= 15 is 0 Å². The lowest BCUT2D eigenvalue weighted by atomic mass is 10.1. The Kier molecular flexibility index (Phi) is 35.1. The van der Waals surface area contributed by atoms with E-state index in [0.29, 0.717) is 0 Å². The molecule has 0 spiro atoms. The Morgan fingerprint density at radius 3 is 1.55 bits per heavy atom. The molecule has 0 aliphatic carbocycles. The van der Waals surface area contributed by atoms with Crippen LogP contribution in [-0.4, -0.2) is 13.6 Å². The molecule has 11 heavy (non-hydrogen) atoms. The van der Waals surface area contributed by atoms with Crippen molar-refractivity contribution < 1.29 is 0 Å². The smallest absolute Gasteiger partial charge is 0.00263 e. The molecule has 0 aliphatic rings. The highest BCUT2D eigenvalue weighted by Gasteiger charge is 1.91. The minimum Gasteiger partial charge on any atom is -0.319 e. The van der Waals surface area contributed by atoms with E-state index in [4.69, 9.17) is 0 Å². The maximum atomic E-state index is 3.12. The van der Waals surface area contributed by atoms with Crippen LogP contribution in [0.5, 0.6) is 0 Å². The van der Waals surface area contributed by atoms with Crippen LogP contribution in [0, 0.1) is 5.92 Å². The van der Waals surface area contributed by atoms with Gasteiger partial charge in [0.1, 0.15) is 0 Å². The Morgan fingerprint density at radius 1 is 1.09 bits per heavy atom. The van der Waals surface area contributed by atoms with Crippen LogP contribution in [0.15, 0.2) is 0 Å². The van der Waals surface area contributed by atoms with Crippen molar-refractivity contribution in [1.29, 1.82) is 0 Å². The Hall–Kier alpha value is -0.0400. The molecular weight excluding hydrogens is 134 g/mol. The summed E-state index contributed by atoms with van der Waals surface area (Å²) in [4.78, 5) is 0. The van der Waals surface area contributed by atoms with Crippen LogP contribution in [0.25, 0.3) is 0 Å². The average molecular weight is 161 g/mol. The Balaban J connectivity index is -0.000000138. The molecule has 0 aromatic rings. The zero-order valence-electron chi connectivity index (χ0n) is 9.49. The molecule has 0 aromatic carbocycles. The third kappa shape index (κ3) is 25.7. The summed E-state index contributed by atoms with van der Waals surface area (Å²) in [5.74, 6) is 0.838. The number of hydrogen-bond acceptors (Lipinski definition) is 1.